The summed E-state index contributed by atoms with van der Waals surface area (Å²) in [5.41, 5.74) is 0.0976. The molecule has 86 valence electrons. The highest BCUT2D eigenvalue weighted by atomic mass is 19.1. The summed E-state index contributed by atoms with van der Waals surface area (Å²) in [5, 5.41) is 0. The summed E-state index contributed by atoms with van der Waals surface area (Å²) in [5.74, 6) is -0.0156. The highest BCUT2D eigenvalue weighted by Gasteiger charge is 2.35. The van der Waals surface area contributed by atoms with Crippen LogP contribution in [-0.2, 0) is 11.2 Å². The number of hydrogen-bond acceptors (Lipinski definition) is 2. The fraction of sp³-hybridized carbons (Fsp3) is 0.462. The van der Waals surface area contributed by atoms with Crippen LogP contribution in [0.4, 0.5) is 4.39 Å². The summed E-state index contributed by atoms with van der Waals surface area (Å²) >= 11 is 0. The molecule has 2 rings (SSSR count). The summed E-state index contributed by atoms with van der Waals surface area (Å²) < 4.78 is 19.3. The summed E-state index contributed by atoms with van der Waals surface area (Å²) in [7, 11) is 0. The molecule has 1 unspecified atom stereocenters. The van der Waals surface area contributed by atoms with Gasteiger partial charge in [0.05, 0.1) is 6.61 Å². The first-order chi connectivity index (χ1) is 7.61. The van der Waals surface area contributed by atoms with E-state index in [2.05, 4.69) is 0 Å². The van der Waals surface area contributed by atoms with Crippen molar-refractivity contribution in [3.63, 3.8) is 0 Å². The first-order valence-electron chi connectivity index (χ1n) is 5.46. The minimum absolute atomic E-state index is 0.0156. The highest BCUT2D eigenvalue weighted by molar-refractivity contribution is 5.95. The lowest BCUT2D eigenvalue weighted by molar-refractivity contribution is 0.101. The Kier molecular flexibility index (Phi) is 3.06. The molecule has 1 aromatic carbocycles. The average Bonchev–Trinajstić information content (AvgIpc) is 2.65. The summed E-state index contributed by atoms with van der Waals surface area (Å²) in [6.07, 6.45) is 0.683. The standard InChI is InChI=1S/C13H15FO2/c1-10(15)12-5-3-2-4-11(12)8-13(14)6-7-16-9-13/h2-5H,6-9H2,1H3. The molecule has 0 aliphatic carbocycles. The molecule has 2 nitrogen and oxygen atoms in total. The van der Waals surface area contributed by atoms with Gasteiger partial charge in [0.15, 0.2) is 5.78 Å². The predicted octanol–water partition coefficient (Wildman–Crippen LogP) is 2.56. The van der Waals surface area contributed by atoms with Crippen molar-refractivity contribution in [1.82, 2.24) is 0 Å². The number of rotatable bonds is 3. The summed E-state index contributed by atoms with van der Waals surface area (Å²) in [4.78, 5) is 11.4. The highest BCUT2D eigenvalue weighted by Crippen LogP contribution is 2.28. The quantitative estimate of drug-likeness (QED) is 0.735. The van der Waals surface area contributed by atoms with Gasteiger partial charge in [-0.05, 0) is 12.5 Å². The molecular weight excluding hydrogens is 207 g/mol. The second-order valence-corrected chi connectivity index (χ2v) is 4.34. The average molecular weight is 222 g/mol. The van der Waals surface area contributed by atoms with E-state index in [1.807, 2.05) is 12.1 Å². The fourth-order valence-electron chi connectivity index (χ4n) is 2.08. The third-order valence-corrected chi connectivity index (χ3v) is 2.96. The van der Waals surface area contributed by atoms with Gasteiger partial charge in [-0.25, -0.2) is 4.39 Å². The fourth-order valence-corrected chi connectivity index (χ4v) is 2.08. The Morgan fingerprint density at radius 1 is 1.50 bits per heavy atom. The van der Waals surface area contributed by atoms with Gasteiger partial charge in [-0.15, -0.1) is 0 Å². The molecule has 0 aromatic heterocycles. The van der Waals surface area contributed by atoms with Gasteiger partial charge in [-0.3, -0.25) is 4.79 Å². The Morgan fingerprint density at radius 3 is 2.88 bits per heavy atom. The number of carbonyl (C=O) groups excluding carboxylic acids is 1. The lowest BCUT2D eigenvalue weighted by Gasteiger charge is -2.18. The van der Waals surface area contributed by atoms with E-state index in [-0.39, 0.29) is 18.8 Å². The van der Waals surface area contributed by atoms with Crippen molar-refractivity contribution < 1.29 is 13.9 Å². The third kappa shape index (κ3) is 2.30. The molecule has 0 bridgehead atoms. The number of ether oxygens (including phenoxy) is 1. The van der Waals surface area contributed by atoms with Crippen LogP contribution in [0.1, 0.15) is 29.3 Å². The van der Waals surface area contributed by atoms with Crippen molar-refractivity contribution in [2.24, 2.45) is 0 Å². The van der Waals surface area contributed by atoms with Crippen LogP contribution >= 0.6 is 0 Å². The summed E-state index contributed by atoms with van der Waals surface area (Å²) in [6.45, 7) is 2.12. The van der Waals surface area contributed by atoms with E-state index in [9.17, 15) is 9.18 Å². The van der Waals surface area contributed by atoms with Gasteiger partial charge < -0.3 is 4.74 Å². The van der Waals surface area contributed by atoms with E-state index < -0.39 is 5.67 Å². The number of hydrogen-bond donors (Lipinski definition) is 0. The van der Waals surface area contributed by atoms with Crippen molar-refractivity contribution in [3.05, 3.63) is 35.4 Å². The molecule has 1 heterocycles. The maximum absolute atomic E-state index is 14.2. The second kappa shape index (κ2) is 4.34. The van der Waals surface area contributed by atoms with Crippen molar-refractivity contribution in [3.8, 4) is 0 Å². The molecule has 0 saturated carbocycles. The van der Waals surface area contributed by atoms with E-state index in [4.69, 9.17) is 4.74 Å². The SMILES string of the molecule is CC(=O)c1ccccc1CC1(F)CCOC1. The Bertz CT molecular complexity index is 395. The molecule has 1 aliphatic heterocycles. The van der Waals surface area contributed by atoms with Crippen molar-refractivity contribution in [1.29, 1.82) is 0 Å². The molecule has 16 heavy (non-hydrogen) atoms. The summed E-state index contributed by atoms with van der Waals surface area (Å²) in [6, 6.07) is 7.20. The lowest BCUT2D eigenvalue weighted by atomic mass is 9.91. The van der Waals surface area contributed by atoms with Gasteiger partial charge in [0, 0.05) is 25.0 Å². The van der Waals surface area contributed by atoms with Gasteiger partial charge >= 0.3 is 0 Å². The molecule has 1 saturated heterocycles. The van der Waals surface area contributed by atoms with Crippen LogP contribution in [0.15, 0.2) is 24.3 Å². The topological polar surface area (TPSA) is 26.3 Å². The number of ketones is 1. The number of alkyl halides is 1. The number of Topliss-reactive ketones (excluding diaryl/α,β-unsaturated/α-hetero) is 1. The largest absolute Gasteiger partial charge is 0.378 e. The molecule has 0 spiro atoms. The Labute approximate surface area is 94.4 Å². The normalized spacial score (nSPS) is 24.6. The minimum Gasteiger partial charge on any atom is -0.378 e. The first kappa shape index (κ1) is 11.3. The zero-order valence-corrected chi connectivity index (χ0v) is 9.33. The lowest BCUT2D eigenvalue weighted by Crippen LogP contribution is -2.26. The maximum atomic E-state index is 14.2. The number of carbonyl (C=O) groups is 1. The van der Waals surface area contributed by atoms with E-state index >= 15 is 0 Å². The molecule has 0 radical (unpaired) electrons. The monoisotopic (exact) mass is 222 g/mol. The third-order valence-electron chi connectivity index (χ3n) is 2.96. The van der Waals surface area contributed by atoms with Crippen LogP contribution in [0.2, 0.25) is 0 Å². The number of halogens is 1. The van der Waals surface area contributed by atoms with E-state index in [1.165, 1.54) is 6.92 Å². The van der Waals surface area contributed by atoms with Crippen LogP contribution in [0.5, 0.6) is 0 Å². The van der Waals surface area contributed by atoms with Crippen LogP contribution in [0, 0.1) is 0 Å². The molecule has 0 amide bonds. The van der Waals surface area contributed by atoms with Gasteiger partial charge in [0.25, 0.3) is 0 Å². The Hall–Kier alpha value is -1.22. The maximum Gasteiger partial charge on any atom is 0.160 e. The van der Waals surface area contributed by atoms with Gasteiger partial charge in [0.2, 0.25) is 0 Å². The van der Waals surface area contributed by atoms with Crippen molar-refractivity contribution in [2.45, 2.75) is 25.4 Å². The Balaban J connectivity index is 2.23. The molecule has 1 fully saturated rings. The number of benzene rings is 1. The van der Waals surface area contributed by atoms with Gasteiger partial charge in [-0.1, -0.05) is 24.3 Å². The minimum atomic E-state index is -1.30. The molecule has 0 N–H and O–H groups in total. The van der Waals surface area contributed by atoms with E-state index in [0.29, 0.717) is 18.6 Å². The van der Waals surface area contributed by atoms with Crippen molar-refractivity contribution in [2.75, 3.05) is 13.2 Å². The van der Waals surface area contributed by atoms with E-state index in [0.717, 1.165) is 5.56 Å². The smallest absolute Gasteiger partial charge is 0.160 e. The van der Waals surface area contributed by atoms with Crippen LogP contribution in [0.25, 0.3) is 0 Å². The van der Waals surface area contributed by atoms with Gasteiger partial charge in [-0.2, -0.15) is 0 Å². The molecule has 1 aromatic rings. The Morgan fingerprint density at radius 2 is 2.25 bits per heavy atom. The zero-order valence-electron chi connectivity index (χ0n) is 9.33. The first-order valence-corrected chi connectivity index (χ1v) is 5.46. The molecule has 1 aliphatic rings. The van der Waals surface area contributed by atoms with Crippen LogP contribution in [0.3, 0.4) is 0 Å². The van der Waals surface area contributed by atoms with Crippen LogP contribution in [-0.4, -0.2) is 24.7 Å². The predicted molar refractivity (Wildman–Crippen MR) is 59.4 cm³/mol. The molecule has 3 heteroatoms. The zero-order chi connectivity index (χ0) is 11.6. The van der Waals surface area contributed by atoms with Gasteiger partial charge in [0.1, 0.15) is 5.67 Å². The van der Waals surface area contributed by atoms with Crippen molar-refractivity contribution >= 4 is 5.78 Å². The van der Waals surface area contributed by atoms with Crippen LogP contribution < -0.4 is 0 Å². The second-order valence-electron chi connectivity index (χ2n) is 4.34. The molecular formula is C13H15FO2. The van der Waals surface area contributed by atoms with E-state index in [1.54, 1.807) is 12.1 Å². The molecule has 1 atom stereocenters.